The van der Waals surface area contributed by atoms with Crippen molar-refractivity contribution in [1.82, 2.24) is 9.88 Å². The molecule has 1 N–H and O–H groups in total. The van der Waals surface area contributed by atoms with Crippen molar-refractivity contribution < 1.29 is 9.59 Å². The van der Waals surface area contributed by atoms with E-state index in [1.807, 2.05) is 32.0 Å². The number of carbonyl (C=O) groups excluding carboxylic acids is 2. The van der Waals surface area contributed by atoms with E-state index in [1.165, 1.54) is 16.0 Å². The molecule has 0 radical (unpaired) electrons. The van der Waals surface area contributed by atoms with Crippen LogP contribution in [0.1, 0.15) is 35.0 Å². The summed E-state index contributed by atoms with van der Waals surface area (Å²) in [6, 6.07) is 15.5. The molecule has 5 nitrogen and oxygen atoms in total. The van der Waals surface area contributed by atoms with E-state index in [0.29, 0.717) is 5.69 Å². The largest absolute Gasteiger partial charge is 0.317 e. The quantitative estimate of drug-likeness (QED) is 0.278. The molecular weight excluding hydrogens is 498 g/mol. The van der Waals surface area contributed by atoms with Crippen molar-refractivity contribution in [3.8, 4) is 5.69 Å². The predicted molar refractivity (Wildman–Crippen MR) is 140 cm³/mol. The fraction of sp³-hybridized carbons (Fsp3) is 0.192. The van der Waals surface area contributed by atoms with E-state index in [9.17, 15) is 9.59 Å². The van der Waals surface area contributed by atoms with E-state index < -0.39 is 11.8 Å². The van der Waals surface area contributed by atoms with Gasteiger partial charge in [0.1, 0.15) is 5.57 Å². The van der Waals surface area contributed by atoms with E-state index >= 15 is 0 Å². The second kappa shape index (κ2) is 9.08. The third-order valence-electron chi connectivity index (χ3n) is 5.86. The Morgan fingerprint density at radius 3 is 2.48 bits per heavy atom. The molecule has 0 spiro atoms. The van der Waals surface area contributed by atoms with Crippen LogP contribution in [0.25, 0.3) is 11.8 Å². The fourth-order valence-electron chi connectivity index (χ4n) is 4.27. The Balaban J connectivity index is 1.81. The van der Waals surface area contributed by atoms with Gasteiger partial charge in [-0.1, -0.05) is 47.1 Å². The summed E-state index contributed by atoms with van der Waals surface area (Å²) < 4.78 is 3.01. The molecule has 1 fully saturated rings. The maximum absolute atomic E-state index is 13.4. The molecular formula is C26H24BrN3O2S. The van der Waals surface area contributed by atoms with E-state index in [0.717, 1.165) is 33.5 Å². The highest BCUT2D eigenvalue weighted by molar-refractivity contribution is 9.10. The summed E-state index contributed by atoms with van der Waals surface area (Å²) in [6.45, 7) is 8.28. The zero-order chi connectivity index (χ0) is 23.9. The molecule has 7 heteroatoms. The van der Waals surface area contributed by atoms with E-state index in [-0.39, 0.29) is 10.7 Å². The number of benzene rings is 2. The number of rotatable bonds is 4. The Morgan fingerprint density at radius 1 is 1.06 bits per heavy atom. The Hall–Kier alpha value is -3.03. The maximum Gasteiger partial charge on any atom is 0.270 e. The van der Waals surface area contributed by atoms with Crippen LogP contribution in [-0.4, -0.2) is 21.5 Å². The first kappa shape index (κ1) is 23.1. The van der Waals surface area contributed by atoms with Crippen LogP contribution in [0.2, 0.25) is 0 Å². The third-order valence-corrected chi connectivity index (χ3v) is 6.64. The lowest BCUT2D eigenvalue weighted by Gasteiger charge is -2.29. The molecule has 2 aromatic carbocycles. The number of aromatic nitrogens is 1. The molecule has 0 atom stereocenters. The van der Waals surface area contributed by atoms with E-state index in [2.05, 4.69) is 57.9 Å². The molecule has 0 aliphatic carbocycles. The SMILES string of the molecule is CCc1cccc(C)c1-n1c(C)cc(/C=C2\C(=O)NC(=S)N(c3cccc(Br)c3)C2=O)c1C. The summed E-state index contributed by atoms with van der Waals surface area (Å²) in [6.07, 6.45) is 2.57. The molecule has 1 aromatic heterocycles. The minimum Gasteiger partial charge on any atom is -0.317 e. The minimum atomic E-state index is -0.494. The van der Waals surface area contributed by atoms with Crippen LogP contribution in [0.15, 0.2) is 58.6 Å². The zero-order valence-electron chi connectivity index (χ0n) is 18.9. The molecule has 0 unspecified atom stereocenters. The van der Waals surface area contributed by atoms with Crippen LogP contribution in [0.5, 0.6) is 0 Å². The molecule has 168 valence electrons. The molecule has 3 aromatic rings. The number of anilines is 1. The van der Waals surface area contributed by atoms with Crippen molar-refractivity contribution in [2.75, 3.05) is 4.90 Å². The highest BCUT2D eigenvalue weighted by atomic mass is 79.9. The smallest absolute Gasteiger partial charge is 0.270 e. The van der Waals surface area contributed by atoms with Crippen LogP contribution in [0, 0.1) is 20.8 Å². The Labute approximate surface area is 207 Å². The number of carbonyl (C=O) groups is 2. The number of hydrogen-bond donors (Lipinski definition) is 1. The van der Waals surface area contributed by atoms with E-state index in [4.69, 9.17) is 12.2 Å². The number of halogens is 1. The normalized spacial score (nSPS) is 15.4. The Kier molecular flexibility index (Phi) is 6.36. The first-order valence-corrected chi connectivity index (χ1v) is 11.9. The lowest BCUT2D eigenvalue weighted by atomic mass is 10.0. The molecule has 1 aliphatic rings. The van der Waals surface area contributed by atoms with Gasteiger partial charge in [-0.3, -0.25) is 19.8 Å². The van der Waals surface area contributed by atoms with Gasteiger partial charge in [-0.05, 0) is 86.4 Å². The second-order valence-electron chi connectivity index (χ2n) is 8.04. The molecule has 1 saturated heterocycles. The van der Waals surface area contributed by atoms with Crippen molar-refractivity contribution in [3.63, 3.8) is 0 Å². The number of hydrogen-bond acceptors (Lipinski definition) is 3. The molecule has 0 saturated carbocycles. The van der Waals surface area contributed by atoms with Gasteiger partial charge in [0, 0.05) is 15.9 Å². The van der Waals surface area contributed by atoms with Crippen molar-refractivity contribution in [1.29, 1.82) is 0 Å². The maximum atomic E-state index is 13.4. The van der Waals surface area contributed by atoms with Gasteiger partial charge >= 0.3 is 0 Å². The first-order valence-electron chi connectivity index (χ1n) is 10.7. The monoisotopic (exact) mass is 521 g/mol. The van der Waals surface area contributed by atoms with Crippen molar-refractivity contribution >= 4 is 56.8 Å². The molecule has 2 heterocycles. The number of nitrogens with zero attached hydrogens (tertiary/aromatic N) is 2. The number of nitrogens with one attached hydrogen (secondary N) is 1. The van der Waals surface area contributed by atoms with E-state index in [1.54, 1.807) is 18.2 Å². The molecule has 33 heavy (non-hydrogen) atoms. The topological polar surface area (TPSA) is 54.3 Å². The first-order chi connectivity index (χ1) is 15.7. The van der Waals surface area contributed by atoms with Gasteiger partial charge in [0.15, 0.2) is 5.11 Å². The van der Waals surface area contributed by atoms with Crippen molar-refractivity contribution in [2.45, 2.75) is 34.1 Å². The Morgan fingerprint density at radius 2 is 1.79 bits per heavy atom. The number of thiocarbonyl (C=S) groups is 1. The third kappa shape index (κ3) is 4.18. The average molecular weight is 522 g/mol. The zero-order valence-corrected chi connectivity index (χ0v) is 21.3. The summed E-state index contributed by atoms with van der Waals surface area (Å²) in [7, 11) is 0. The lowest BCUT2D eigenvalue weighted by molar-refractivity contribution is -0.122. The van der Waals surface area contributed by atoms with Gasteiger partial charge in [0.2, 0.25) is 0 Å². The minimum absolute atomic E-state index is 0.0457. The van der Waals surface area contributed by atoms with Gasteiger partial charge < -0.3 is 4.57 Å². The molecule has 2 amide bonds. The van der Waals surface area contributed by atoms with Gasteiger partial charge in [0.05, 0.1) is 11.4 Å². The van der Waals surface area contributed by atoms with Gasteiger partial charge in [-0.15, -0.1) is 0 Å². The van der Waals surface area contributed by atoms with Crippen LogP contribution in [-0.2, 0) is 16.0 Å². The predicted octanol–water partition coefficient (Wildman–Crippen LogP) is 5.56. The summed E-state index contributed by atoms with van der Waals surface area (Å²) in [4.78, 5) is 27.5. The van der Waals surface area contributed by atoms with Crippen molar-refractivity contribution in [3.05, 3.63) is 86.7 Å². The highest BCUT2D eigenvalue weighted by Crippen LogP contribution is 2.29. The standard InChI is InChI=1S/C26H24BrN3O2S/c1-5-18-9-6-8-15(2)23(18)29-16(3)12-19(17(29)4)13-22-24(31)28-26(33)30(25(22)32)21-11-7-10-20(27)14-21/h6-14H,5H2,1-4H3,(H,28,31,33)/b22-13+. The average Bonchev–Trinajstić information content (AvgIpc) is 3.03. The fourth-order valence-corrected chi connectivity index (χ4v) is 4.93. The van der Waals surface area contributed by atoms with Crippen LogP contribution in [0.3, 0.4) is 0 Å². The summed E-state index contributed by atoms with van der Waals surface area (Å²) >= 11 is 8.73. The van der Waals surface area contributed by atoms with Gasteiger partial charge in [-0.25, -0.2) is 0 Å². The van der Waals surface area contributed by atoms with Crippen LogP contribution < -0.4 is 10.2 Å². The molecule has 1 aliphatic heterocycles. The molecule has 0 bridgehead atoms. The summed E-state index contributed by atoms with van der Waals surface area (Å²) in [5, 5.41) is 2.72. The van der Waals surface area contributed by atoms with Gasteiger partial charge in [-0.2, -0.15) is 0 Å². The summed E-state index contributed by atoms with van der Waals surface area (Å²) in [5.74, 6) is -0.942. The highest BCUT2D eigenvalue weighted by Gasteiger charge is 2.34. The second-order valence-corrected chi connectivity index (χ2v) is 9.34. The van der Waals surface area contributed by atoms with Crippen LogP contribution >= 0.6 is 28.1 Å². The summed E-state index contributed by atoms with van der Waals surface area (Å²) in [5.41, 5.74) is 7.02. The lowest BCUT2D eigenvalue weighted by Crippen LogP contribution is -2.54. The number of para-hydroxylation sites is 1. The molecule has 4 rings (SSSR count). The van der Waals surface area contributed by atoms with Gasteiger partial charge in [0.25, 0.3) is 11.8 Å². The number of aryl methyl sites for hydroxylation is 3. The van der Waals surface area contributed by atoms with Crippen molar-refractivity contribution in [2.24, 2.45) is 0 Å². The number of amides is 2. The van der Waals surface area contributed by atoms with Crippen LogP contribution in [0.4, 0.5) is 5.69 Å². The Bertz CT molecular complexity index is 1340.